The average molecular weight is 553 g/mol. The molecule has 2 saturated carbocycles. The third kappa shape index (κ3) is 3.73. The molecule has 1 aromatic rings. The lowest BCUT2D eigenvalue weighted by Gasteiger charge is -2.55. The number of para-hydroxylation sites is 1. The Morgan fingerprint density at radius 1 is 1.15 bits per heavy atom. The molecule has 9 atom stereocenters. The van der Waals surface area contributed by atoms with Crippen molar-refractivity contribution < 1.29 is 34.0 Å². The number of esters is 1. The maximum atomic E-state index is 13.8. The van der Waals surface area contributed by atoms with E-state index in [9.17, 15) is 15.0 Å². The summed E-state index contributed by atoms with van der Waals surface area (Å²) in [5.74, 6) is -0.684. The molecule has 1 aliphatic heterocycles. The lowest BCUT2D eigenvalue weighted by Crippen LogP contribution is -2.69. The molecule has 2 bridgehead atoms. The fourth-order valence-corrected chi connectivity index (χ4v) is 8.77. The zero-order valence-electron chi connectivity index (χ0n) is 24.9. The number of ether oxygens (including phenoxy) is 4. The van der Waals surface area contributed by atoms with E-state index in [0.717, 1.165) is 12.0 Å². The summed E-state index contributed by atoms with van der Waals surface area (Å²) in [5.41, 5.74) is -0.929. The zero-order chi connectivity index (χ0) is 29.0. The number of rotatable bonds is 4. The van der Waals surface area contributed by atoms with Gasteiger partial charge in [0.1, 0.15) is 23.0 Å². The number of benzene rings is 1. The lowest BCUT2D eigenvalue weighted by molar-refractivity contribution is -0.312. The van der Waals surface area contributed by atoms with Crippen molar-refractivity contribution in [1.29, 1.82) is 0 Å². The maximum absolute atomic E-state index is 13.8. The van der Waals surface area contributed by atoms with Gasteiger partial charge in [-0.15, -0.1) is 0 Å². The van der Waals surface area contributed by atoms with Crippen molar-refractivity contribution in [2.24, 2.45) is 34.5 Å². The van der Waals surface area contributed by atoms with Crippen LogP contribution in [0.5, 0.6) is 5.75 Å². The van der Waals surface area contributed by atoms with Gasteiger partial charge in [-0.2, -0.15) is 0 Å². The summed E-state index contributed by atoms with van der Waals surface area (Å²) in [4.78, 5) is 13.8. The molecule has 9 unspecified atom stereocenters. The Morgan fingerprint density at radius 2 is 1.85 bits per heavy atom. The van der Waals surface area contributed by atoms with Gasteiger partial charge in [-0.3, -0.25) is 0 Å². The van der Waals surface area contributed by atoms with Crippen LogP contribution in [-0.4, -0.2) is 58.6 Å². The molecular formula is C33H44O7. The summed E-state index contributed by atoms with van der Waals surface area (Å²) in [7, 11) is 0. The molecule has 2 N–H and O–H groups in total. The Labute approximate surface area is 237 Å². The largest absolute Gasteiger partial charge is 0.490 e. The topological polar surface area (TPSA) is 94.5 Å². The SMILES string of the molecule is CC1=CC23C(C)CC4C(C(C=C5COC(C)(C)OC5C2(O)C1OC(=O)c1ccccc1OC(C)C)C3O)C4(C)C. The van der Waals surface area contributed by atoms with E-state index >= 15 is 0 Å². The molecule has 5 aliphatic rings. The lowest BCUT2D eigenvalue weighted by atomic mass is 9.58. The summed E-state index contributed by atoms with van der Waals surface area (Å²) in [5, 5.41) is 25.6. The van der Waals surface area contributed by atoms with Gasteiger partial charge in [0.2, 0.25) is 0 Å². The van der Waals surface area contributed by atoms with Crippen LogP contribution in [0.2, 0.25) is 0 Å². The van der Waals surface area contributed by atoms with Crippen LogP contribution < -0.4 is 4.74 Å². The first kappa shape index (κ1) is 28.0. The molecular weight excluding hydrogens is 508 g/mol. The third-order valence-corrected chi connectivity index (χ3v) is 10.6. The van der Waals surface area contributed by atoms with Crippen LogP contribution >= 0.6 is 0 Å². The predicted octanol–water partition coefficient (Wildman–Crippen LogP) is 5.06. The predicted molar refractivity (Wildman–Crippen MR) is 150 cm³/mol. The van der Waals surface area contributed by atoms with Crippen molar-refractivity contribution in [1.82, 2.24) is 0 Å². The van der Waals surface area contributed by atoms with Crippen molar-refractivity contribution in [2.45, 2.75) is 97.6 Å². The van der Waals surface area contributed by atoms with Crippen LogP contribution in [0.25, 0.3) is 0 Å². The number of hydrogen-bond donors (Lipinski definition) is 2. The summed E-state index contributed by atoms with van der Waals surface area (Å²) in [6.45, 7) is 16.3. The van der Waals surface area contributed by atoms with Crippen LogP contribution in [0, 0.1) is 34.5 Å². The first-order valence-corrected chi connectivity index (χ1v) is 14.7. The van der Waals surface area contributed by atoms with Crippen LogP contribution in [0.4, 0.5) is 0 Å². The van der Waals surface area contributed by atoms with Gasteiger partial charge in [-0.05, 0) is 87.5 Å². The normalized spacial score (nSPS) is 42.3. The number of aliphatic hydroxyl groups excluding tert-OH is 1. The van der Waals surface area contributed by atoms with Gasteiger partial charge in [-0.1, -0.05) is 45.1 Å². The molecule has 7 nitrogen and oxygen atoms in total. The van der Waals surface area contributed by atoms with Gasteiger partial charge in [0.05, 0.1) is 24.2 Å². The highest BCUT2D eigenvalue weighted by Crippen LogP contribution is 2.73. The van der Waals surface area contributed by atoms with E-state index in [4.69, 9.17) is 18.9 Å². The fraction of sp³-hybridized carbons (Fsp3) is 0.667. The minimum absolute atomic E-state index is 0.0928. The summed E-state index contributed by atoms with van der Waals surface area (Å²) in [6, 6.07) is 7.00. The molecule has 7 heteroatoms. The number of carbonyl (C=O) groups excluding carboxylic acids is 1. The highest BCUT2D eigenvalue weighted by atomic mass is 16.7. The minimum atomic E-state index is -1.75. The van der Waals surface area contributed by atoms with Gasteiger partial charge in [0, 0.05) is 5.92 Å². The Morgan fingerprint density at radius 3 is 2.55 bits per heavy atom. The van der Waals surface area contributed by atoms with Crippen LogP contribution in [0.1, 0.15) is 72.2 Å². The van der Waals surface area contributed by atoms with Crippen LogP contribution in [0.3, 0.4) is 0 Å². The van der Waals surface area contributed by atoms with E-state index in [0.29, 0.717) is 22.8 Å². The van der Waals surface area contributed by atoms with E-state index < -0.39 is 41.1 Å². The third-order valence-electron chi connectivity index (χ3n) is 10.6. The Hall–Kier alpha value is -2.19. The molecule has 6 rings (SSSR count). The van der Waals surface area contributed by atoms with Gasteiger partial charge >= 0.3 is 5.97 Å². The first-order chi connectivity index (χ1) is 18.6. The average Bonchev–Trinajstić information content (AvgIpc) is 3.36. The Kier molecular flexibility index (Phi) is 6.22. The minimum Gasteiger partial charge on any atom is -0.490 e. The van der Waals surface area contributed by atoms with Crippen molar-refractivity contribution in [3.63, 3.8) is 0 Å². The van der Waals surface area contributed by atoms with E-state index in [2.05, 4.69) is 26.8 Å². The van der Waals surface area contributed by atoms with Crippen molar-refractivity contribution in [3.05, 3.63) is 53.1 Å². The molecule has 40 heavy (non-hydrogen) atoms. The maximum Gasteiger partial charge on any atom is 0.342 e. The van der Waals surface area contributed by atoms with Crippen molar-refractivity contribution >= 4 is 5.97 Å². The first-order valence-electron chi connectivity index (χ1n) is 14.7. The molecule has 218 valence electrons. The van der Waals surface area contributed by atoms with Gasteiger partial charge in [-0.25, -0.2) is 4.79 Å². The molecule has 0 amide bonds. The Balaban J connectivity index is 1.48. The molecule has 4 aliphatic carbocycles. The highest BCUT2D eigenvalue weighted by Gasteiger charge is 2.77. The van der Waals surface area contributed by atoms with Gasteiger partial charge in [0.15, 0.2) is 11.9 Å². The smallest absolute Gasteiger partial charge is 0.342 e. The fourth-order valence-electron chi connectivity index (χ4n) is 8.77. The molecule has 3 fully saturated rings. The Bertz CT molecular complexity index is 1280. The number of carbonyl (C=O) groups is 1. The van der Waals surface area contributed by atoms with E-state index in [1.807, 2.05) is 46.8 Å². The summed E-state index contributed by atoms with van der Waals surface area (Å²) < 4.78 is 24.8. The van der Waals surface area contributed by atoms with Gasteiger partial charge in [0.25, 0.3) is 0 Å². The highest BCUT2D eigenvalue weighted by molar-refractivity contribution is 5.93. The van der Waals surface area contributed by atoms with Crippen molar-refractivity contribution in [3.8, 4) is 5.75 Å². The molecule has 1 heterocycles. The molecule has 0 radical (unpaired) electrons. The summed E-state index contributed by atoms with van der Waals surface area (Å²) in [6.07, 6.45) is 2.10. The zero-order valence-corrected chi connectivity index (χ0v) is 24.9. The van der Waals surface area contributed by atoms with Crippen molar-refractivity contribution in [2.75, 3.05) is 6.61 Å². The van der Waals surface area contributed by atoms with E-state index in [1.165, 1.54) is 0 Å². The van der Waals surface area contributed by atoms with E-state index in [1.54, 1.807) is 18.2 Å². The molecule has 1 aromatic carbocycles. The number of fused-ring (bicyclic) bond motifs is 5. The monoisotopic (exact) mass is 552 g/mol. The molecule has 1 saturated heterocycles. The number of hydrogen-bond acceptors (Lipinski definition) is 7. The molecule has 0 aromatic heterocycles. The second-order valence-electron chi connectivity index (χ2n) is 14.1. The standard InChI is InChI=1S/C33H44O7/c1-17(2)38-24-12-10-9-11-21(24)29(35)39-27-18(3)15-32-19(4)13-23-25(30(23,5)6)22(26(32)34)14-20-16-37-31(7,8)40-28(20)33(27,32)36/h9-12,14-15,17,19,22-23,25-28,34,36H,13,16H2,1-8H3. The van der Waals surface area contributed by atoms with Crippen LogP contribution in [0.15, 0.2) is 47.6 Å². The molecule has 1 spiro atoms. The number of aliphatic hydroxyl groups is 2. The summed E-state index contributed by atoms with van der Waals surface area (Å²) >= 11 is 0. The van der Waals surface area contributed by atoms with Gasteiger partial charge < -0.3 is 29.2 Å². The quantitative estimate of drug-likeness (QED) is 0.398. The van der Waals surface area contributed by atoms with E-state index in [-0.39, 0.29) is 35.9 Å². The second kappa shape index (κ2) is 8.90. The van der Waals surface area contributed by atoms with Crippen LogP contribution in [-0.2, 0) is 14.2 Å². The second-order valence-corrected chi connectivity index (χ2v) is 14.1.